The lowest BCUT2D eigenvalue weighted by atomic mass is 10.1. The van der Waals surface area contributed by atoms with Crippen LogP contribution in [0.25, 0.3) is 0 Å². The van der Waals surface area contributed by atoms with Crippen molar-refractivity contribution in [2.75, 3.05) is 0 Å². The van der Waals surface area contributed by atoms with E-state index in [0.29, 0.717) is 29.3 Å². The second-order valence-electron chi connectivity index (χ2n) is 4.06. The SMILES string of the molecule is Cc1nc(Cn2cccn2)nc(C)c1CC(=O)O. The van der Waals surface area contributed by atoms with Crippen molar-refractivity contribution in [3.8, 4) is 0 Å². The van der Waals surface area contributed by atoms with Crippen molar-refractivity contribution in [2.24, 2.45) is 0 Å². The molecule has 2 heterocycles. The fourth-order valence-corrected chi connectivity index (χ4v) is 1.83. The lowest BCUT2D eigenvalue weighted by molar-refractivity contribution is -0.136. The van der Waals surface area contributed by atoms with Crippen LogP contribution in [0.4, 0.5) is 0 Å². The molecule has 0 fully saturated rings. The minimum Gasteiger partial charge on any atom is -0.481 e. The smallest absolute Gasteiger partial charge is 0.307 e. The number of rotatable bonds is 4. The van der Waals surface area contributed by atoms with Crippen LogP contribution in [-0.4, -0.2) is 30.8 Å². The van der Waals surface area contributed by atoms with Gasteiger partial charge in [0.1, 0.15) is 12.4 Å². The molecule has 0 aromatic carbocycles. The molecule has 0 saturated carbocycles. The highest BCUT2D eigenvalue weighted by Gasteiger charge is 2.11. The summed E-state index contributed by atoms with van der Waals surface area (Å²) in [6.45, 7) is 4.10. The zero-order valence-electron chi connectivity index (χ0n) is 10.3. The maximum absolute atomic E-state index is 10.7. The maximum Gasteiger partial charge on any atom is 0.307 e. The van der Waals surface area contributed by atoms with Gasteiger partial charge >= 0.3 is 5.97 Å². The molecule has 0 bridgehead atoms. The van der Waals surface area contributed by atoms with Crippen LogP contribution >= 0.6 is 0 Å². The third kappa shape index (κ3) is 2.71. The fourth-order valence-electron chi connectivity index (χ4n) is 1.83. The zero-order chi connectivity index (χ0) is 13.1. The number of carbonyl (C=O) groups is 1. The summed E-state index contributed by atoms with van der Waals surface area (Å²) in [5, 5.41) is 12.9. The number of aromatic nitrogens is 4. The lowest BCUT2D eigenvalue weighted by Crippen LogP contribution is -2.12. The first kappa shape index (κ1) is 12.2. The Balaban J connectivity index is 2.27. The van der Waals surface area contributed by atoms with E-state index in [1.165, 1.54) is 0 Å². The Morgan fingerprint density at radius 3 is 2.50 bits per heavy atom. The topological polar surface area (TPSA) is 80.9 Å². The Hall–Kier alpha value is -2.24. The molecule has 0 spiro atoms. The molecule has 18 heavy (non-hydrogen) atoms. The van der Waals surface area contributed by atoms with Crippen molar-refractivity contribution < 1.29 is 9.90 Å². The van der Waals surface area contributed by atoms with Crippen LogP contribution in [0, 0.1) is 13.8 Å². The molecule has 6 nitrogen and oxygen atoms in total. The minimum absolute atomic E-state index is 0.0419. The first-order chi connectivity index (χ1) is 8.56. The molecule has 0 radical (unpaired) electrons. The van der Waals surface area contributed by atoms with Crippen molar-refractivity contribution in [3.63, 3.8) is 0 Å². The van der Waals surface area contributed by atoms with Crippen LogP contribution in [0.1, 0.15) is 22.8 Å². The van der Waals surface area contributed by atoms with Crippen LogP contribution in [0.5, 0.6) is 0 Å². The fraction of sp³-hybridized carbons (Fsp3) is 0.333. The molecule has 2 rings (SSSR count). The van der Waals surface area contributed by atoms with E-state index in [1.807, 2.05) is 12.3 Å². The predicted molar refractivity (Wildman–Crippen MR) is 64.2 cm³/mol. The first-order valence-corrected chi connectivity index (χ1v) is 5.58. The van der Waals surface area contributed by atoms with Gasteiger partial charge in [0, 0.05) is 29.3 Å². The Morgan fingerprint density at radius 2 is 2.00 bits per heavy atom. The Labute approximate surface area is 104 Å². The molecule has 0 unspecified atom stereocenters. The van der Waals surface area contributed by atoms with Gasteiger partial charge in [0.25, 0.3) is 0 Å². The summed E-state index contributed by atoms with van der Waals surface area (Å²) in [5.74, 6) is -0.229. The standard InChI is InChI=1S/C12H14N4O2/c1-8-10(6-12(17)18)9(2)15-11(14-8)7-16-5-3-4-13-16/h3-5H,6-7H2,1-2H3,(H,17,18). The number of carboxylic acid groups (broad SMARTS) is 1. The van der Waals surface area contributed by atoms with Crippen LogP contribution in [-0.2, 0) is 17.8 Å². The molecule has 1 N–H and O–H groups in total. The van der Waals surface area contributed by atoms with E-state index >= 15 is 0 Å². The molecule has 0 amide bonds. The number of aryl methyl sites for hydroxylation is 2. The highest BCUT2D eigenvalue weighted by atomic mass is 16.4. The van der Waals surface area contributed by atoms with Crippen molar-refractivity contribution in [2.45, 2.75) is 26.8 Å². The lowest BCUT2D eigenvalue weighted by Gasteiger charge is -2.09. The van der Waals surface area contributed by atoms with Crippen molar-refractivity contribution >= 4 is 5.97 Å². The van der Waals surface area contributed by atoms with Gasteiger partial charge < -0.3 is 5.11 Å². The average Bonchev–Trinajstić information content (AvgIpc) is 2.76. The Kier molecular flexibility index (Phi) is 3.36. The zero-order valence-corrected chi connectivity index (χ0v) is 10.3. The van der Waals surface area contributed by atoms with Gasteiger partial charge in [0.15, 0.2) is 0 Å². The molecule has 0 saturated heterocycles. The summed E-state index contributed by atoms with van der Waals surface area (Å²) in [4.78, 5) is 19.4. The van der Waals surface area contributed by atoms with Crippen LogP contribution in [0.15, 0.2) is 18.5 Å². The summed E-state index contributed by atoms with van der Waals surface area (Å²) >= 11 is 0. The largest absolute Gasteiger partial charge is 0.481 e. The summed E-state index contributed by atoms with van der Waals surface area (Å²) in [6, 6.07) is 1.83. The molecular formula is C12H14N4O2. The quantitative estimate of drug-likeness (QED) is 0.869. The Morgan fingerprint density at radius 1 is 1.33 bits per heavy atom. The molecule has 0 atom stereocenters. The van der Waals surface area contributed by atoms with Gasteiger partial charge in [-0.05, 0) is 19.9 Å². The van der Waals surface area contributed by atoms with Crippen LogP contribution in [0.2, 0.25) is 0 Å². The Bertz CT molecular complexity index is 540. The average molecular weight is 246 g/mol. The number of aliphatic carboxylic acids is 1. The number of hydrogen-bond acceptors (Lipinski definition) is 4. The van der Waals surface area contributed by atoms with E-state index < -0.39 is 5.97 Å². The summed E-state index contributed by atoms with van der Waals surface area (Å²) < 4.78 is 1.73. The van der Waals surface area contributed by atoms with Crippen LogP contribution in [0.3, 0.4) is 0 Å². The normalized spacial score (nSPS) is 10.6. The molecule has 94 valence electrons. The first-order valence-electron chi connectivity index (χ1n) is 5.58. The summed E-state index contributed by atoms with van der Waals surface area (Å²) in [5.41, 5.74) is 2.12. The van der Waals surface area contributed by atoms with Crippen molar-refractivity contribution in [1.82, 2.24) is 19.7 Å². The monoisotopic (exact) mass is 246 g/mol. The van der Waals surface area contributed by atoms with Crippen molar-refractivity contribution in [1.29, 1.82) is 0 Å². The van der Waals surface area contributed by atoms with Crippen LogP contribution < -0.4 is 0 Å². The maximum atomic E-state index is 10.7. The minimum atomic E-state index is -0.871. The van der Waals surface area contributed by atoms with E-state index in [4.69, 9.17) is 5.11 Å². The third-order valence-electron chi connectivity index (χ3n) is 2.66. The van der Waals surface area contributed by atoms with E-state index in [0.717, 1.165) is 0 Å². The predicted octanol–water partition coefficient (Wildman–Crippen LogP) is 0.965. The van der Waals surface area contributed by atoms with E-state index in [2.05, 4.69) is 15.1 Å². The summed E-state index contributed by atoms with van der Waals surface area (Å²) in [7, 11) is 0. The molecular weight excluding hydrogens is 232 g/mol. The third-order valence-corrected chi connectivity index (χ3v) is 2.66. The number of nitrogens with zero attached hydrogens (tertiary/aromatic N) is 4. The van der Waals surface area contributed by atoms with Crippen molar-refractivity contribution in [3.05, 3.63) is 41.2 Å². The second-order valence-corrected chi connectivity index (χ2v) is 4.06. The highest BCUT2D eigenvalue weighted by molar-refractivity contribution is 5.70. The highest BCUT2D eigenvalue weighted by Crippen LogP contribution is 2.11. The van der Waals surface area contributed by atoms with E-state index in [-0.39, 0.29) is 6.42 Å². The molecule has 0 aliphatic carbocycles. The van der Waals surface area contributed by atoms with Gasteiger partial charge in [-0.1, -0.05) is 0 Å². The van der Waals surface area contributed by atoms with Gasteiger partial charge in [-0.3, -0.25) is 9.48 Å². The summed E-state index contributed by atoms with van der Waals surface area (Å²) in [6.07, 6.45) is 3.48. The second kappa shape index (κ2) is 4.95. The molecule has 2 aromatic heterocycles. The van der Waals surface area contributed by atoms with Gasteiger partial charge in [-0.2, -0.15) is 5.10 Å². The van der Waals surface area contributed by atoms with Gasteiger partial charge in [-0.25, -0.2) is 9.97 Å². The number of hydrogen-bond donors (Lipinski definition) is 1. The molecule has 2 aromatic rings. The van der Waals surface area contributed by atoms with Gasteiger partial charge in [0.2, 0.25) is 0 Å². The molecule has 0 aliphatic rings. The molecule has 0 aliphatic heterocycles. The van der Waals surface area contributed by atoms with Gasteiger partial charge in [-0.15, -0.1) is 0 Å². The van der Waals surface area contributed by atoms with E-state index in [9.17, 15) is 4.79 Å². The van der Waals surface area contributed by atoms with Gasteiger partial charge in [0.05, 0.1) is 6.42 Å². The molecule has 6 heteroatoms. The number of carboxylic acids is 1. The van der Waals surface area contributed by atoms with E-state index in [1.54, 1.807) is 24.7 Å².